The van der Waals surface area contributed by atoms with Gasteiger partial charge < -0.3 is 18.9 Å². The van der Waals surface area contributed by atoms with Crippen molar-refractivity contribution in [3.8, 4) is 5.75 Å². The molecule has 2 rings (SSSR count). The van der Waals surface area contributed by atoms with Gasteiger partial charge in [-0.1, -0.05) is 0 Å². The predicted octanol–water partition coefficient (Wildman–Crippen LogP) is 1.74. The second-order valence-corrected chi connectivity index (χ2v) is 5.67. The zero-order chi connectivity index (χ0) is 16.9. The lowest BCUT2D eigenvalue weighted by molar-refractivity contribution is 0.0507. The molecule has 0 N–H and O–H groups in total. The summed E-state index contributed by atoms with van der Waals surface area (Å²) in [5.74, 6) is 0.00885. The monoisotopic (exact) mass is 343 g/mol. The Kier molecular flexibility index (Phi) is 4.88. The van der Waals surface area contributed by atoms with E-state index < -0.39 is 28.4 Å². The third kappa shape index (κ3) is 4.49. The molecule has 1 aliphatic rings. The highest BCUT2D eigenvalue weighted by molar-refractivity contribution is 7.90. The first kappa shape index (κ1) is 16.4. The summed E-state index contributed by atoms with van der Waals surface area (Å²) in [7, 11) is -4.11. The first-order valence-corrected chi connectivity index (χ1v) is 7.44. The highest BCUT2D eigenvalue weighted by Gasteiger charge is 2.26. The van der Waals surface area contributed by atoms with E-state index in [1.807, 2.05) is 0 Å². The van der Waals surface area contributed by atoms with E-state index in [1.54, 1.807) is 0 Å². The number of rotatable bonds is 5. The smallest absolute Gasteiger partial charge is 0.430 e. The molecular weight excluding hydrogens is 334 g/mol. The fourth-order valence-corrected chi connectivity index (χ4v) is 2.18. The Morgan fingerprint density at radius 2 is 2.09 bits per heavy atom. The molecule has 12 heteroatoms. The number of hydrogen-bond acceptors (Lipinski definition) is 8. The fraction of sp³-hybridized carbons (Fsp3) is 0.273. The molecular formula is C11H9N3O8S. The minimum absolute atomic E-state index is 0.00885. The van der Waals surface area contributed by atoms with Crippen molar-refractivity contribution in [2.45, 2.75) is 11.0 Å². The van der Waals surface area contributed by atoms with Gasteiger partial charge in [0, 0.05) is 9.43 Å². The molecule has 0 spiro atoms. The Morgan fingerprint density at radius 1 is 1.39 bits per heavy atom. The second kappa shape index (κ2) is 6.85. The SMILES string of the molecule is [N-]=[N+]=NS(=O)(=O)c1ccc(OC(=O)OCC2COC(=O)O2)cc1. The topological polar surface area (TPSA) is 154 Å². The van der Waals surface area contributed by atoms with Gasteiger partial charge in [-0.05, 0) is 29.8 Å². The number of cyclic esters (lactones) is 2. The zero-order valence-electron chi connectivity index (χ0n) is 11.3. The van der Waals surface area contributed by atoms with Gasteiger partial charge in [0.1, 0.15) is 19.0 Å². The Bertz CT molecular complexity index is 754. The van der Waals surface area contributed by atoms with Crippen LogP contribution in [-0.4, -0.2) is 40.0 Å². The van der Waals surface area contributed by atoms with E-state index in [0.717, 1.165) is 12.1 Å². The van der Waals surface area contributed by atoms with Crippen molar-refractivity contribution in [2.75, 3.05) is 13.2 Å². The van der Waals surface area contributed by atoms with Gasteiger partial charge in [0.2, 0.25) is 0 Å². The molecule has 11 nitrogen and oxygen atoms in total. The average molecular weight is 343 g/mol. The molecule has 1 heterocycles. The standard InChI is InChI=1S/C11H9N3O8S/c12-13-14-23(17,18)9-3-1-7(2-4-9)21-10(15)19-5-8-6-20-11(16)22-8/h1-4,8H,5-6H2. The van der Waals surface area contributed by atoms with Crippen molar-refractivity contribution in [3.63, 3.8) is 0 Å². The van der Waals surface area contributed by atoms with Crippen LogP contribution in [0.4, 0.5) is 9.59 Å². The normalized spacial score (nSPS) is 16.7. The van der Waals surface area contributed by atoms with E-state index in [2.05, 4.69) is 18.9 Å². The second-order valence-electron chi connectivity index (χ2n) is 4.08. The Morgan fingerprint density at radius 3 is 2.65 bits per heavy atom. The molecule has 1 aliphatic heterocycles. The van der Waals surface area contributed by atoms with Crippen molar-refractivity contribution in [2.24, 2.45) is 4.52 Å². The van der Waals surface area contributed by atoms with Crippen LogP contribution in [0.25, 0.3) is 10.4 Å². The number of carbonyl (C=O) groups is 2. The highest BCUT2D eigenvalue weighted by atomic mass is 32.2. The third-order valence-corrected chi connectivity index (χ3v) is 3.66. The van der Waals surface area contributed by atoms with E-state index in [9.17, 15) is 18.0 Å². The summed E-state index contributed by atoms with van der Waals surface area (Å²) in [5.41, 5.74) is 8.16. The molecule has 0 amide bonds. The first-order chi connectivity index (χ1) is 10.9. The molecule has 0 radical (unpaired) electrons. The van der Waals surface area contributed by atoms with Gasteiger partial charge in [0.15, 0.2) is 6.10 Å². The van der Waals surface area contributed by atoms with Crippen LogP contribution in [0, 0.1) is 0 Å². The van der Waals surface area contributed by atoms with Crippen LogP contribution in [-0.2, 0) is 24.2 Å². The van der Waals surface area contributed by atoms with Gasteiger partial charge in [-0.2, -0.15) is 0 Å². The number of azide groups is 1. The van der Waals surface area contributed by atoms with Crippen LogP contribution in [0.15, 0.2) is 33.7 Å². The predicted molar refractivity (Wildman–Crippen MR) is 71.0 cm³/mol. The average Bonchev–Trinajstić information content (AvgIpc) is 2.91. The van der Waals surface area contributed by atoms with E-state index >= 15 is 0 Å². The molecule has 1 aromatic carbocycles. The number of carbonyl (C=O) groups excluding carboxylic acids is 2. The van der Waals surface area contributed by atoms with Gasteiger partial charge in [0.25, 0.3) is 10.0 Å². The summed E-state index contributed by atoms with van der Waals surface area (Å²) in [6.07, 6.45) is -2.62. The minimum atomic E-state index is -4.11. The lowest BCUT2D eigenvalue weighted by Gasteiger charge is -2.08. The molecule has 1 fully saturated rings. The first-order valence-electron chi connectivity index (χ1n) is 6.00. The molecule has 0 aromatic heterocycles. The molecule has 0 aliphatic carbocycles. The summed E-state index contributed by atoms with van der Waals surface area (Å²) in [4.78, 5) is 24.0. The van der Waals surface area contributed by atoms with Gasteiger partial charge in [0.05, 0.1) is 4.90 Å². The minimum Gasteiger partial charge on any atom is -0.430 e. The molecule has 1 saturated heterocycles. The summed E-state index contributed by atoms with van der Waals surface area (Å²) >= 11 is 0. The molecule has 0 bridgehead atoms. The van der Waals surface area contributed by atoms with Gasteiger partial charge >= 0.3 is 12.3 Å². The van der Waals surface area contributed by atoms with Crippen molar-refractivity contribution in [1.29, 1.82) is 0 Å². The van der Waals surface area contributed by atoms with Crippen LogP contribution in [0.1, 0.15) is 0 Å². The van der Waals surface area contributed by atoms with Gasteiger partial charge in [-0.25, -0.2) is 18.0 Å². The fourth-order valence-electron chi connectivity index (χ4n) is 1.51. The van der Waals surface area contributed by atoms with Crippen LogP contribution in [0.3, 0.4) is 0 Å². The van der Waals surface area contributed by atoms with E-state index in [1.165, 1.54) is 12.1 Å². The van der Waals surface area contributed by atoms with Crippen molar-refractivity contribution in [3.05, 3.63) is 34.7 Å². The highest BCUT2D eigenvalue weighted by Crippen LogP contribution is 2.18. The van der Waals surface area contributed by atoms with Crippen molar-refractivity contribution >= 4 is 22.3 Å². The Labute approximate surface area is 129 Å². The quantitative estimate of drug-likeness (QED) is 0.257. The number of ether oxygens (including phenoxy) is 4. The number of hydrogen-bond donors (Lipinski definition) is 0. The van der Waals surface area contributed by atoms with Crippen LogP contribution in [0.2, 0.25) is 0 Å². The molecule has 0 saturated carbocycles. The lowest BCUT2D eigenvalue weighted by atomic mass is 10.3. The van der Waals surface area contributed by atoms with E-state index in [-0.39, 0.29) is 23.9 Å². The number of nitrogens with zero attached hydrogens (tertiary/aromatic N) is 3. The van der Waals surface area contributed by atoms with Gasteiger partial charge in [-0.3, -0.25) is 0 Å². The van der Waals surface area contributed by atoms with Crippen LogP contribution in [0.5, 0.6) is 5.75 Å². The molecule has 1 aromatic rings. The third-order valence-electron chi connectivity index (χ3n) is 2.50. The van der Waals surface area contributed by atoms with Crippen molar-refractivity contribution < 1.29 is 37.0 Å². The maximum atomic E-state index is 11.4. The van der Waals surface area contributed by atoms with E-state index in [0.29, 0.717) is 0 Å². The summed E-state index contributed by atoms with van der Waals surface area (Å²) in [6.45, 7) is -0.272. The summed E-state index contributed by atoms with van der Waals surface area (Å²) < 4.78 is 44.2. The Hall–Kier alpha value is -2.98. The summed E-state index contributed by atoms with van der Waals surface area (Å²) in [5, 5.41) is 0. The molecule has 122 valence electrons. The van der Waals surface area contributed by atoms with Crippen LogP contribution >= 0.6 is 0 Å². The maximum absolute atomic E-state index is 11.4. The van der Waals surface area contributed by atoms with Crippen LogP contribution < -0.4 is 4.74 Å². The number of benzene rings is 1. The largest absolute Gasteiger partial charge is 0.513 e. The van der Waals surface area contributed by atoms with Gasteiger partial charge in [-0.15, -0.1) is 0 Å². The maximum Gasteiger partial charge on any atom is 0.513 e. The van der Waals surface area contributed by atoms with Crippen molar-refractivity contribution in [1.82, 2.24) is 0 Å². The lowest BCUT2D eigenvalue weighted by Crippen LogP contribution is -2.22. The molecule has 1 atom stereocenters. The Balaban J connectivity index is 1.89. The molecule has 1 unspecified atom stereocenters. The zero-order valence-corrected chi connectivity index (χ0v) is 12.1. The molecule has 23 heavy (non-hydrogen) atoms. The summed E-state index contributed by atoms with van der Waals surface area (Å²) in [6, 6.07) is 4.55. The number of sulfonamides is 1. The van der Waals surface area contributed by atoms with E-state index in [4.69, 9.17) is 15.0 Å².